The van der Waals surface area contributed by atoms with Gasteiger partial charge in [-0.3, -0.25) is 0 Å². The Balaban J connectivity index is 3.52. The minimum absolute atomic E-state index is 2.44. The molecule has 156 valence electrons. The van der Waals surface area contributed by atoms with Crippen molar-refractivity contribution >= 4 is 0 Å². The molecule has 27 heavy (non-hydrogen) atoms. The second-order valence-corrected chi connectivity index (χ2v) is 4.51. The van der Waals surface area contributed by atoms with Crippen molar-refractivity contribution in [3.63, 3.8) is 0 Å². The van der Waals surface area contributed by atoms with Gasteiger partial charge >= 0.3 is 24.3 Å². The van der Waals surface area contributed by atoms with Gasteiger partial charge in [0.05, 0.1) is 0 Å². The minimum Gasteiger partial charge on any atom is -0.437 e. The van der Waals surface area contributed by atoms with E-state index >= 15 is 0 Å². The van der Waals surface area contributed by atoms with Crippen LogP contribution in [0, 0.1) is 29.1 Å². The molecule has 0 aliphatic carbocycles. The molecule has 0 saturated carbocycles. The van der Waals surface area contributed by atoms with E-state index in [2.05, 4.69) is 9.47 Å². The normalized spacial score (nSPS) is 15.6. The molecule has 0 fully saturated rings. The summed E-state index contributed by atoms with van der Waals surface area (Å²) in [6.07, 6.45) is -19.4. The van der Waals surface area contributed by atoms with Crippen LogP contribution in [0.5, 0.6) is 5.75 Å². The van der Waals surface area contributed by atoms with Crippen LogP contribution >= 0.6 is 0 Å². The molecule has 0 aliphatic heterocycles. The summed E-state index contributed by atoms with van der Waals surface area (Å²) in [5.74, 6) is -25.5. The van der Waals surface area contributed by atoms with Crippen molar-refractivity contribution in [3.05, 3.63) is 29.1 Å². The highest BCUT2D eigenvalue weighted by Gasteiger charge is 2.76. The number of hydrogen-bond donors (Lipinski definition) is 0. The predicted molar refractivity (Wildman–Crippen MR) is 53.7 cm³/mol. The third-order valence-electron chi connectivity index (χ3n) is 2.57. The highest BCUT2D eigenvalue weighted by Crippen LogP contribution is 2.48. The first-order valence-electron chi connectivity index (χ1n) is 5.90. The maximum absolute atomic E-state index is 13.8. The maximum atomic E-state index is 13.8. The summed E-state index contributed by atoms with van der Waals surface area (Å²) in [6, 6.07) is 0. The van der Waals surface area contributed by atoms with Gasteiger partial charge in [-0.2, -0.15) is 48.3 Å². The van der Waals surface area contributed by atoms with Gasteiger partial charge in [0, 0.05) is 0 Å². The molecule has 0 saturated heterocycles. The average Bonchev–Trinajstić information content (AvgIpc) is 2.51. The topological polar surface area (TPSA) is 18.5 Å². The van der Waals surface area contributed by atoms with E-state index in [9.17, 15) is 61.5 Å². The highest BCUT2D eigenvalue weighted by atomic mass is 19.4. The third kappa shape index (κ3) is 4.30. The Morgan fingerprint density at radius 1 is 0.593 bits per heavy atom. The first-order valence-corrected chi connectivity index (χ1v) is 5.90. The van der Waals surface area contributed by atoms with Crippen LogP contribution in [0.1, 0.15) is 0 Å². The maximum Gasteiger partial charge on any atom is 0.470 e. The Hall–Kier alpha value is -2.00. The van der Waals surface area contributed by atoms with E-state index in [0.29, 0.717) is 0 Å². The van der Waals surface area contributed by atoms with Crippen molar-refractivity contribution in [1.29, 1.82) is 0 Å². The highest BCUT2D eigenvalue weighted by molar-refractivity contribution is 5.30. The van der Waals surface area contributed by atoms with E-state index in [0.717, 1.165) is 0 Å². The standard InChI is InChI=1S/C11H2F14O2/c12-2-3(13)5(15)7(6(16)4(2)14)27-9(20,10(21,22)23)11(24,25)26-1-8(17,18)19/h1H2. The number of rotatable bonds is 5. The van der Waals surface area contributed by atoms with Crippen molar-refractivity contribution in [2.75, 3.05) is 6.61 Å². The summed E-state index contributed by atoms with van der Waals surface area (Å²) in [6.45, 7) is -3.19. The molecule has 0 heterocycles. The largest absolute Gasteiger partial charge is 0.470 e. The molecule has 0 spiro atoms. The molecule has 0 aliphatic rings. The molecule has 1 aromatic rings. The van der Waals surface area contributed by atoms with Gasteiger partial charge in [-0.1, -0.05) is 0 Å². The van der Waals surface area contributed by atoms with Gasteiger partial charge in [0.25, 0.3) is 0 Å². The lowest BCUT2D eigenvalue weighted by atomic mass is 10.2. The van der Waals surface area contributed by atoms with Crippen LogP contribution in [-0.4, -0.2) is 30.9 Å². The number of benzene rings is 1. The average molecular weight is 432 g/mol. The molecule has 0 radical (unpaired) electrons. The SMILES string of the molecule is Fc1c(F)c(F)c(OC(F)(C(F)(F)F)C(F)(F)OCC(F)(F)F)c(F)c1F. The monoisotopic (exact) mass is 432 g/mol. The number of halogens is 14. The van der Waals surface area contributed by atoms with Crippen molar-refractivity contribution in [2.24, 2.45) is 0 Å². The van der Waals surface area contributed by atoms with Crippen LogP contribution in [0.15, 0.2) is 0 Å². The van der Waals surface area contributed by atoms with Gasteiger partial charge in [0.1, 0.15) is 6.61 Å². The van der Waals surface area contributed by atoms with E-state index in [-0.39, 0.29) is 0 Å². The van der Waals surface area contributed by atoms with Crippen LogP contribution < -0.4 is 4.74 Å². The zero-order valence-corrected chi connectivity index (χ0v) is 11.8. The molecular formula is C11H2F14O2. The number of hydrogen-bond acceptors (Lipinski definition) is 2. The third-order valence-corrected chi connectivity index (χ3v) is 2.57. The fourth-order valence-corrected chi connectivity index (χ4v) is 1.36. The second-order valence-electron chi connectivity index (χ2n) is 4.51. The molecule has 0 N–H and O–H groups in total. The number of ether oxygens (including phenoxy) is 2. The van der Waals surface area contributed by atoms with Crippen LogP contribution in [-0.2, 0) is 4.74 Å². The summed E-state index contributed by atoms with van der Waals surface area (Å²) in [7, 11) is 0. The van der Waals surface area contributed by atoms with E-state index < -0.39 is 65.8 Å². The van der Waals surface area contributed by atoms with E-state index in [1.807, 2.05) is 0 Å². The summed E-state index contributed by atoms with van der Waals surface area (Å²) >= 11 is 0. The van der Waals surface area contributed by atoms with Crippen molar-refractivity contribution in [1.82, 2.24) is 0 Å². The summed E-state index contributed by atoms with van der Waals surface area (Å²) in [5, 5.41) is 0. The lowest BCUT2D eigenvalue weighted by Crippen LogP contribution is -2.61. The van der Waals surface area contributed by atoms with Gasteiger partial charge in [0.2, 0.25) is 34.8 Å². The summed E-state index contributed by atoms with van der Waals surface area (Å²) < 4.78 is 184. The molecule has 0 aromatic heterocycles. The van der Waals surface area contributed by atoms with Crippen molar-refractivity contribution in [2.45, 2.75) is 24.3 Å². The smallest absolute Gasteiger partial charge is 0.437 e. The number of alkyl halides is 9. The van der Waals surface area contributed by atoms with E-state index in [1.165, 1.54) is 0 Å². The van der Waals surface area contributed by atoms with Crippen molar-refractivity contribution < 1.29 is 70.9 Å². The Bertz CT molecular complexity index is 679. The Kier molecular flexibility index (Phi) is 5.86. The lowest BCUT2D eigenvalue weighted by Gasteiger charge is -2.34. The second kappa shape index (κ2) is 6.87. The zero-order chi connectivity index (χ0) is 21.6. The first kappa shape index (κ1) is 23.0. The molecule has 1 aromatic carbocycles. The molecular weight excluding hydrogens is 430 g/mol. The van der Waals surface area contributed by atoms with Crippen LogP contribution in [0.25, 0.3) is 0 Å². The molecule has 0 amide bonds. The van der Waals surface area contributed by atoms with Gasteiger partial charge in [-0.05, 0) is 0 Å². The zero-order valence-electron chi connectivity index (χ0n) is 11.8. The van der Waals surface area contributed by atoms with Gasteiger partial charge in [0.15, 0.2) is 0 Å². The summed E-state index contributed by atoms with van der Waals surface area (Å²) in [4.78, 5) is 0. The molecule has 2 nitrogen and oxygen atoms in total. The quantitative estimate of drug-likeness (QED) is 0.364. The van der Waals surface area contributed by atoms with Gasteiger partial charge < -0.3 is 9.47 Å². The Morgan fingerprint density at radius 2 is 0.963 bits per heavy atom. The Morgan fingerprint density at radius 3 is 1.30 bits per heavy atom. The van der Waals surface area contributed by atoms with E-state index in [4.69, 9.17) is 0 Å². The lowest BCUT2D eigenvalue weighted by molar-refractivity contribution is -0.446. The molecule has 16 heteroatoms. The van der Waals surface area contributed by atoms with Crippen LogP contribution in [0.3, 0.4) is 0 Å². The van der Waals surface area contributed by atoms with Gasteiger partial charge in [-0.15, -0.1) is 0 Å². The summed E-state index contributed by atoms with van der Waals surface area (Å²) in [5.41, 5.74) is 0. The van der Waals surface area contributed by atoms with Crippen molar-refractivity contribution in [3.8, 4) is 5.75 Å². The molecule has 1 atom stereocenters. The van der Waals surface area contributed by atoms with E-state index in [1.54, 1.807) is 0 Å². The van der Waals surface area contributed by atoms with Crippen LogP contribution in [0.2, 0.25) is 0 Å². The minimum atomic E-state index is -7.07. The molecule has 1 unspecified atom stereocenters. The first-order chi connectivity index (χ1) is 11.9. The molecule has 0 bridgehead atoms. The predicted octanol–water partition coefficient (Wildman–Crippen LogP) is 5.16. The fourth-order valence-electron chi connectivity index (χ4n) is 1.36. The van der Waals surface area contributed by atoms with Gasteiger partial charge in [-0.25, -0.2) is 13.2 Å². The van der Waals surface area contributed by atoms with Crippen LogP contribution in [0.4, 0.5) is 61.5 Å². The fraction of sp³-hybridized carbons (Fsp3) is 0.455. The Labute approximate surface area is 138 Å². The molecule has 1 rings (SSSR count).